The summed E-state index contributed by atoms with van der Waals surface area (Å²) in [5.41, 5.74) is -0.595. The molecule has 1 rings (SSSR count). The number of hydrogen-bond donors (Lipinski definition) is 1. The molecule has 0 aliphatic carbocycles. The fourth-order valence-corrected chi connectivity index (χ4v) is 1.85. The van der Waals surface area contributed by atoms with E-state index in [0.29, 0.717) is 12.1 Å². The van der Waals surface area contributed by atoms with Gasteiger partial charge in [0.15, 0.2) is 0 Å². The molecule has 0 spiro atoms. The SMILES string of the molecule is CCCNC(C)(C(=O)OC)c1cccc(OC(F)F)c1. The van der Waals surface area contributed by atoms with E-state index >= 15 is 0 Å². The Balaban J connectivity index is 3.10. The summed E-state index contributed by atoms with van der Waals surface area (Å²) in [5.74, 6) is -0.480. The summed E-state index contributed by atoms with van der Waals surface area (Å²) in [6.45, 7) is 1.29. The second-order valence-corrected chi connectivity index (χ2v) is 4.45. The van der Waals surface area contributed by atoms with Crippen LogP contribution in [0.4, 0.5) is 8.78 Å². The maximum atomic E-state index is 12.2. The highest BCUT2D eigenvalue weighted by Gasteiger charge is 2.36. The van der Waals surface area contributed by atoms with Crippen molar-refractivity contribution in [1.29, 1.82) is 0 Å². The van der Waals surface area contributed by atoms with Crippen LogP contribution in [0.15, 0.2) is 24.3 Å². The fraction of sp³-hybridized carbons (Fsp3) is 0.500. The lowest BCUT2D eigenvalue weighted by Crippen LogP contribution is -2.47. The first-order valence-corrected chi connectivity index (χ1v) is 6.32. The smallest absolute Gasteiger partial charge is 0.387 e. The van der Waals surface area contributed by atoms with Gasteiger partial charge in [-0.1, -0.05) is 19.1 Å². The molecule has 0 saturated heterocycles. The minimum Gasteiger partial charge on any atom is -0.467 e. The molecule has 4 nitrogen and oxygen atoms in total. The van der Waals surface area contributed by atoms with Crippen molar-refractivity contribution >= 4 is 5.97 Å². The number of ether oxygens (including phenoxy) is 2. The van der Waals surface area contributed by atoms with Gasteiger partial charge in [-0.2, -0.15) is 8.78 Å². The van der Waals surface area contributed by atoms with Crippen molar-refractivity contribution < 1.29 is 23.0 Å². The number of carbonyl (C=O) groups is 1. The van der Waals surface area contributed by atoms with E-state index in [4.69, 9.17) is 4.74 Å². The molecule has 0 fully saturated rings. The van der Waals surface area contributed by atoms with Gasteiger partial charge < -0.3 is 9.47 Å². The topological polar surface area (TPSA) is 47.6 Å². The van der Waals surface area contributed by atoms with Crippen LogP contribution in [0.3, 0.4) is 0 Å². The van der Waals surface area contributed by atoms with E-state index in [2.05, 4.69) is 10.1 Å². The van der Waals surface area contributed by atoms with Gasteiger partial charge in [0.1, 0.15) is 11.3 Å². The first kappa shape index (κ1) is 16.4. The summed E-state index contributed by atoms with van der Waals surface area (Å²) in [6, 6.07) is 6.04. The molecule has 1 aromatic rings. The fourth-order valence-electron chi connectivity index (χ4n) is 1.85. The van der Waals surface area contributed by atoms with Gasteiger partial charge in [0.25, 0.3) is 0 Å². The maximum Gasteiger partial charge on any atom is 0.387 e. The molecule has 112 valence electrons. The molecular weight excluding hydrogens is 268 g/mol. The zero-order valence-corrected chi connectivity index (χ0v) is 11.8. The lowest BCUT2D eigenvalue weighted by Gasteiger charge is -2.28. The van der Waals surface area contributed by atoms with Gasteiger partial charge in [0, 0.05) is 0 Å². The number of benzene rings is 1. The quantitative estimate of drug-likeness (QED) is 0.783. The van der Waals surface area contributed by atoms with E-state index in [1.54, 1.807) is 19.1 Å². The van der Waals surface area contributed by atoms with Crippen LogP contribution in [0.1, 0.15) is 25.8 Å². The molecule has 0 amide bonds. The first-order chi connectivity index (χ1) is 9.43. The van der Waals surface area contributed by atoms with E-state index in [9.17, 15) is 13.6 Å². The molecule has 1 atom stereocenters. The monoisotopic (exact) mass is 287 g/mol. The zero-order valence-electron chi connectivity index (χ0n) is 11.8. The number of carbonyl (C=O) groups excluding carboxylic acids is 1. The highest BCUT2D eigenvalue weighted by molar-refractivity contribution is 5.82. The van der Waals surface area contributed by atoms with Crippen LogP contribution >= 0.6 is 0 Å². The molecule has 0 heterocycles. The Labute approximate surface area is 117 Å². The molecular formula is C14H19F2NO3. The van der Waals surface area contributed by atoms with Crippen LogP contribution in [0.5, 0.6) is 5.75 Å². The number of esters is 1. The Kier molecular flexibility index (Phi) is 5.88. The van der Waals surface area contributed by atoms with E-state index < -0.39 is 18.1 Å². The first-order valence-electron chi connectivity index (χ1n) is 6.32. The summed E-state index contributed by atoms with van der Waals surface area (Å²) in [6.07, 6.45) is 0.819. The molecule has 6 heteroatoms. The number of rotatable bonds is 7. The normalized spacial score (nSPS) is 13.9. The van der Waals surface area contributed by atoms with Crippen LogP contribution in [0, 0.1) is 0 Å². The molecule has 1 unspecified atom stereocenters. The maximum absolute atomic E-state index is 12.2. The Morgan fingerprint density at radius 2 is 2.15 bits per heavy atom. The molecule has 1 N–H and O–H groups in total. The largest absolute Gasteiger partial charge is 0.467 e. The third kappa shape index (κ3) is 3.90. The minimum absolute atomic E-state index is 0.00549. The summed E-state index contributed by atoms with van der Waals surface area (Å²) in [4.78, 5) is 12.0. The van der Waals surface area contributed by atoms with Gasteiger partial charge in [-0.25, -0.2) is 4.79 Å². The number of hydrogen-bond acceptors (Lipinski definition) is 4. The molecule has 0 radical (unpaired) electrons. The summed E-state index contributed by atoms with van der Waals surface area (Å²) >= 11 is 0. The highest BCUT2D eigenvalue weighted by Crippen LogP contribution is 2.26. The van der Waals surface area contributed by atoms with E-state index in [-0.39, 0.29) is 5.75 Å². The van der Waals surface area contributed by atoms with Crippen molar-refractivity contribution in [3.8, 4) is 5.75 Å². The van der Waals surface area contributed by atoms with Gasteiger partial charge >= 0.3 is 12.6 Å². The standard InChI is InChI=1S/C14H19F2NO3/c1-4-8-17-14(2,12(18)19-3)10-6-5-7-11(9-10)20-13(15)16/h5-7,9,13,17H,4,8H2,1-3H3. The van der Waals surface area contributed by atoms with Crippen LogP contribution in [-0.4, -0.2) is 26.2 Å². The van der Waals surface area contributed by atoms with Crippen LogP contribution in [-0.2, 0) is 15.1 Å². The van der Waals surface area contributed by atoms with Crippen LogP contribution in [0.25, 0.3) is 0 Å². The van der Waals surface area contributed by atoms with Crippen molar-refractivity contribution in [1.82, 2.24) is 5.32 Å². The predicted molar refractivity (Wildman–Crippen MR) is 70.7 cm³/mol. The van der Waals surface area contributed by atoms with Crippen molar-refractivity contribution in [2.45, 2.75) is 32.4 Å². The molecule has 0 bridgehead atoms. The minimum atomic E-state index is -2.90. The van der Waals surface area contributed by atoms with Gasteiger partial charge in [-0.15, -0.1) is 0 Å². The van der Waals surface area contributed by atoms with Gasteiger partial charge in [-0.05, 0) is 37.6 Å². The summed E-state index contributed by atoms with van der Waals surface area (Å²) in [5, 5.41) is 3.08. The number of methoxy groups -OCH3 is 1. The summed E-state index contributed by atoms with van der Waals surface area (Å²) in [7, 11) is 1.29. The Bertz CT molecular complexity index is 454. The van der Waals surface area contributed by atoms with Crippen molar-refractivity contribution in [2.75, 3.05) is 13.7 Å². The number of nitrogens with one attached hydrogen (secondary N) is 1. The average molecular weight is 287 g/mol. The molecule has 0 aliphatic heterocycles. The van der Waals surface area contributed by atoms with Gasteiger partial charge in [0.2, 0.25) is 0 Å². The molecule has 0 aliphatic rings. The third-order valence-electron chi connectivity index (χ3n) is 2.96. The van der Waals surface area contributed by atoms with Crippen molar-refractivity contribution in [2.24, 2.45) is 0 Å². The second-order valence-electron chi connectivity index (χ2n) is 4.45. The molecule has 1 aromatic carbocycles. The van der Waals surface area contributed by atoms with Crippen molar-refractivity contribution in [3.05, 3.63) is 29.8 Å². The Morgan fingerprint density at radius 3 is 2.70 bits per heavy atom. The van der Waals surface area contributed by atoms with Crippen LogP contribution < -0.4 is 10.1 Å². The Morgan fingerprint density at radius 1 is 1.45 bits per heavy atom. The zero-order chi connectivity index (χ0) is 15.2. The Hall–Kier alpha value is -1.69. The summed E-state index contributed by atoms with van der Waals surface area (Å²) < 4.78 is 33.6. The molecule has 0 aromatic heterocycles. The average Bonchev–Trinajstić information content (AvgIpc) is 2.43. The molecule has 0 saturated carbocycles. The lowest BCUT2D eigenvalue weighted by molar-refractivity contribution is -0.148. The van der Waals surface area contributed by atoms with E-state index in [0.717, 1.165) is 6.42 Å². The molecule has 20 heavy (non-hydrogen) atoms. The third-order valence-corrected chi connectivity index (χ3v) is 2.96. The highest BCUT2D eigenvalue weighted by atomic mass is 19.3. The number of alkyl halides is 2. The van der Waals surface area contributed by atoms with Gasteiger partial charge in [-0.3, -0.25) is 5.32 Å². The van der Waals surface area contributed by atoms with E-state index in [1.807, 2.05) is 6.92 Å². The second kappa shape index (κ2) is 7.19. The van der Waals surface area contributed by atoms with Gasteiger partial charge in [0.05, 0.1) is 7.11 Å². The van der Waals surface area contributed by atoms with E-state index in [1.165, 1.54) is 19.2 Å². The van der Waals surface area contributed by atoms with Crippen molar-refractivity contribution in [3.63, 3.8) is 0 Å². The number of halogens is 2. The van der Waals surface area contributed by atoms with Crippen LogP contribution in [0.2, 0.25) is 0 Å². The lowest BCUT2D eigenvalue weighted by atomic mass is 9.91. The predicted octanol–water partition coefficient (Wildman–Crippen LogP) is 2.68.